The van der Waals surface area contributed by atoms with Crippen LogP contribution >= 0.6 is 11.3 Å². The summed E-state index contributed by atoms with van der Waals surface area (Å²) in [5.74, 6) is 0.890. The Hall–Kier alpha value is -3.26. The van der Waals surface area contributed by atoms with Gasteiger partial charge < -0.3 is 15.1 Å². The summed E-state index contributed by atoms with van der Waals surface area (Å²) in [6.45, 7) is 2.60. The number of carbonyl (C=O) groups excluding carboxylic acids is 1. The number of hydrogen-bond donors (Lipinski definition) is 2. The second-order valence-electron chi connectivity index (χ2n) is 6.20. The lowest BCUT2D eigenvalue weighted by molar-refractivity contribution is 0.0954. The van der Waals surface area contributed by atoms with Crippen LogP contribution in [0.15, 0.2) is 53.4 Å². The second kappa shape index (κ2) is 7.77. The SMILES string of the molecule is Cc1c(C(=O)NCc2cccc(F)c2)sc2ncnc(NCc3ccco3)c12. The number of nitrogens with one attached hydrogen (secondary N) is 2. The van der Waals surface area contributed by atoms with Crippen LogP contribution in [0.5, 0.6) is 0 Å². The lowest BCUT2D eigenvalue weighted by Crippen LogP contribution is -2.22. The molecule has 0 unspecified atom stereocenters. The maximum absolute atomic E-state index is 13.3. The van der Waals surface area contributed by atoms with Crippen LogP contribution < -0.4 is 10.6 Å². The smallest absolute Gasteiger partial charge is 0.261 e. The molecule has 0 radical (unpaired) electrons. The Labute approximate surface area is 164 Å². The highest BCUT2D eigenvalue weighted by molar-refractivity contribution is 7.20. The van der Waals surface area contributed by atoms with Crippen LogP contribution in [0, 0.1) is 12.7 Å². The molecular formula is C20H17FN4O2S. The van der Waals surface area contributed by atoms with Crippen molar-refractivity contribution in [1.82, 2.24) is 15.3 Å². The zero-order valence-corrected chi connectivity index (χ0v) is 15.8. The predicted octanol–water partition coefficient (Wildman–Crippen LogP) is 4.27. The molecule has 0 spiro atoms. The molecule has 0 aliphatic carbocycles. The van der Waals surface area contributed by atoms with Crippen molar-refractivity contribution in [3.05, 3.63) is 76.6 Å². The molecule has 6 nitrogen and oxygen atoms in total. The molecular weight excluding hydrogens is 379 g/mol. The Kier molecular flexibility index (Phi) is 5.03. The van der Waals surface area contributed by atoms with E-state index in [-0.39, 0.29) is 18.3 Å². The summed E-state index contributed by atoms with van der Waals surface area (Å²) in [7, 11) is 0. The number of rotatable bonds is 6. The number of aryl methyl sites for hydroxylation is 1. The molecule has 28 heavy (non-hydrogen) atoms. The van der Waals surface area contributed by atoms with Crippen LogP contribution in [-0.2, 0) is 13.1 Å². The van der Waals surface area contributed by atoms with E-state index in [1.807, 2.05) is 19.1 Å². The first-order valence-corrected chi connectivity index (χ1v) is 9.46. The zero-order valence-electron chi connectivity index (χ0n) is 15.0. The number of anilines is 1. The van der Waals surface area contributed by atoms with Gasteiger partial charge >= 0.3 is 0 Å². The lowest BCUT2D eigenvalue weighted by atomic mass is 10.2. The van der Waals surface area contributed by atoms with E-state index in [1.54, 1.807) is 18.4 Å². The maximum Gasteiger partial charge on any atom is 0.261 e. The molecule has 0 saturated heterocycles. The summed E-state index contributed by atoms with van der Waals surface area (Å²) in [5, 5.41) is 6.89. The van der Waals surface area contributed by atoms with Gasteiger partial charge in [-0.05, 0) is 42.3 Å². The third kappa shape index (κ3) is 3.72. The molecule has 142 valence electrons. The van der Waals surface area contributed by atoms with E-state index in [2.05, 4.69) is 20.6 Å². The molecule has 0 fully saturated rings. The minimum absolute atomic E-state index is 0.221. The van der Waals surface area contributed by atoms with Crippen molar-refractivity contribution in [2.24, 2.45) is 0 Å². The molecule has 0 atom stereocenters. The van der Waals surface area contributed by atoms with Gasteiger partial charge in [-0.2, -0.15) is 0 Å². The van der Waals surface area contributed by atoms with Gasteiger partial charge in [0, 0.05) is 6.54 Å². The third-order valence-electron chi connectivity index (χ3n) is 4.29. The Bertz CT molecular complexity index is 1120. The van der Waals surface area contributed by atoms with E-state index in [9.17, 15) is 9.18 Å². The molecule has 3 aromatic heterocycles. The van der Waals surface area contributed by atoms with Crippen LogP contribution in [-0.4, -0.2) is 15.9 Å². The van der Waals surface area contributed by atoms with Gasteiger partial charge in [0.25, 0.3) is 5.91 Å². The number of benzene rings is 1. The van der Waals surface area contributed by atoms with Gasteiger partial charge in [-0.3, -0.25) is 4.79 Å². The van der Waals surface area contributed by atoms with Crippen LogP contribution in [0.4, 0.5) is 10.2 Å². The summed E-state index contributed by atoms with van der Waals surface area (Å²) < 4.78 is 18.6. The first-order chi connectivity index (χ1) is 13.6. The van der Waals surface area contributed by atoms with Gasteiger partial charge in [0.2, 0.25) is 0 Å². The minimum atomic E-state index is -0.327. The molecule has 0 bridgehead atoms. The highest BCUT2D eigenvalue weighted by Crippen LogP contribution is 2.33. The summed E-state index contributed by atoms with van der Waals surface area (Å²) in [4.78, 5) is 22.6. The van der Waals surface area contributed by atoms with Gasteiger partial charge in [0.05, 0.1) is 23.1 Å². The predicted molar refractivity (Wildman–Crippen MR) is 106 cm³/mol. The average molecular weight is 396 g/mol. The number of furan rings is 1. The standard InChI is InChI=1S/C20H17FN4O2S/c1-12-16-18(22-10-15-6-3-7-27-15)24-11-25-20(16)28-17(12)19(26)23-9-13-4-2-5-14(21)8-13/h2-8,11H,9-10H2,1H3,(H,23,26)(H,22,24,25). The van der Waals surface area contributed by atoms with Crippen molar-refractivity contribution in [3.8, 4) is 0 Å². The summed E-state index contributed by atoms with van der Waals surface area (Å²) in [5.41, 5.74) is 1.51. The fraction of sp³-hybridized carbons (Fsp3) is 0.150. The molecule has 8 heteroatoms. The largest absolute Gasteiger partial charge is 0.467 e. The number of carbonyl (C=O) groups is 1. The summed E-state index contributed by atoms with van der Waals surface area (Å²) >= 11 is 1.31. The summed E-state index contributed by atoms with van der Waals surface area (Å²) in [6.07, 6.45) is 3.08. The Morgan fingerprint density at radius 3 is 2.89 bits per heavy atom. The molecule has 4 rings (SSSR count). The van der Waals surface area contributed by atoms with Crippen molar-refractivity contribution in [3.63, 3.8) is 0 Å². The Morgan fingerprint density at radius 1 is 1.21 bits per heavy atom. The second-order valence-corrected chi connectivity index (χ2v) is 7.20. The lowest BCUT2D eigenvalue weighted by Gasteiger charge is -2.06. The minimum Gasteiger partial charge on any atom is -0.467 e. The first-order valence-electron chi connectivity index (χ1n) is 8.65. The van der Waals surface area contributed by atoms with Crippen molar-refractivity contribution < 1.29 is 13.6 Å². The van der Waals surface area contributed by atoms with Crippen LogP contribution in [0.1, 0.15) is 26.6 Å². The molecule has 1 amide bonds. The molecule has 4 aromatic rings. The van der Waals surface area contributed by atoms with E-state index in [0.29, 0.717) is 22.8 Å². The highest BCUT2D eigenvalue weighted by atomic mass is 32.1. The van der Waals surface area contributed by atoms with Gasteiger partial charge in [0.1, 0.15) is 28.6 Å². The average Bonchev–Trinajstić information content (AvgIpc) is 3.33. The number of halogens is 1. The molecule has 3 heterocycles. The number of fused-ring (bicyclic) bond motifs is 1. The van der Waals surface area contributed by atoms with Crippen LogP contribution in [0.25, 0.3) is 10.2 Å². The van der Waals surface area contributed by atoms with Crippen molar-refractivity contribution in [2.75, 3.05) is 5.32 Å². The van der Waals surface area contributed by atoms with E-state index in [4.69, 9.17) is 4.42 Å². The van der Waals surface area contributed by atoms with Crippen LogP contribution in [0.3, 0.4) is 0 Å². The monoisotopic (exact) mass is 396 g/mol. The molecule has 0 aliphatic heterocycles. The number of aromatic nitrogens is 2. The Balaban J connectivity index is 1.55. The maximum atomic E-state index is 13.3. The first kappa shape index (κ1) is 18.1. The Morgan fingerprint density at radius 2 is 2.11 bits per heavy atom. The normalized spacial score (nSPS) is 10.9. The third-order valence-corrected chi connectivity index (χ3v) is 5.48. The number of hydrogen-bond acceptors (Lipinski definition) is 6. The quantitative estimate of drug-likeness (QED) is 0.509. The van der Waals surface area contributed by atoms with Crippen molar-refractivity contribution in [2.45, 2.75) is 20.0 Å². The fourth-order valence-electron chi connectivity index (χ4n) is 2.92. The molecule has 1 aromatic carbocycles. The molecule has 0 aliphatic rings. The number of thiophene rings is 1. The zero-order chi connectivity index (χ0) is 19.5. The summed E-state index contributed by atoms with van der Waals surface area (Å²) in [6, 6.07) is 9.86. The van der Waals surface area contributed by atoms with E-state index < -0.39 is 0 Å². The van der Waals surface area contributed by atoms with Crippen molar-refractivity contribution in [1.29, 1.82) is 0 Å². The fourth-order valence-corrected chi connectivity index (χ4v) is 3.98. The van der Waals surface area contributed by atoms with E-state index in [0.717, 1.165) is 21.5 Å². The van der Waals surface area contributed by atoms with E-state index in [1.165, 1.54) is 29.8 Å². The molecule has 2 N–H and O–H groups in total. The van der Waals surface area contributed by atoms with E-state index >= 15 is 0 Å². The number of amides is 1. The van der Waals surface area contributed by atoms with Crippen LogP contribution in [0.2, 0.25) is 0 Å². The van der Waals surface area contributed by atoms with Gasteiger partial charge in [-0.15, -0.1) is 11.3 Å². The highest BCUT2D eigenvalue weighted by Gasteiger charge is 2.19. The topological polar surface area (TPSA) is 80.0 Å². The number of nitrogens with zero attached hydrogens (tertiary/aromatic N) is 2. The van der Waals surface area contributed by atoms with Gasteiger partial charge in [-0.1, -0.05) is 12.1 Å². The van der Waals surface area contributed by atoms with Gasteiger partial charge in [0.15, 0.2) is 0 Å². The van der Waals surface area contributed by atoms with Gasteiger partial charge in [-0.25, -0.2) is 14.4 Å². The molecule has 0 saturated carbocycles. The van der Waals surface area contributed by atoms with Crippen molar-refractivity contribution >= 4 is 33.3 Å².